The molecule has 2 aromatic heterocycles. The van der Waals surface area contributed by atoms with Crippen LogP contribution in [0.3, 0.4) is 0 Å². The first-order valence-electron chi connectivity index (χ1n) is 9.28. The van der Waals surface area contributed by atoms with Crippen LogP contribution in [0.15, 0.2) is 78.5 Å². The third kappa shape index (κ3) is 3.82. The lowest BCUT2D eigenvalue weighted by Crippen LogP contribution is -2.13. The number of halogens is 1. The molecule has 6 heteroatoms. The molecule has 0 aliphatic heterocycles. The van der Waals surface area contributed by atoms with Gasteiger partial charge in [-0.2, -0.15) is 5.26 Å². The highest BCUT2D eigenvalue weighted by Crippen LogP contribution is 2.28. The molecule has 5 nitrogen and oxygen atoms in total. The summed E-state index contributed by atoms with van der Waals surface area (Å²) in [6, 6.07) is 22.4. The minimum atomic E-state index is -0.513. The Morgan fingerprint density at radius 2 is 1.93 bits per heavy atom. The first-order valence-corrected chi connectivity index (χ1v) is 9.66. The molecule has 4 aromatic rings. The van der Waals surface area contributed by atoms with E-state index in [2.05, 4.69) is 5.32 Å². The van der Waals surface area contributed by atoms with Crippen LogP contribution in [-0.4, -0.2) is 15.3 Å². The molecule has 0 radical (unpaired) electrons. The van der Waals surface area contributed by atoms with E-state index in [0.29, 0.717) is 22.1 Å². The van der Waals surface area contributed by atoms with Crippen LogP contribution in [-0.2, 0) is 4.79 Å². The number of carbonyl (C=O) groups is 1. The van der Waals surface area contributed by atoms with Gasteiger partial charge in [-0.1, -0.05) is 54.1 Å². The van der Waals surface area contributed by atoms with Gasteiger partial charge in [0.05, 0.1) is 11.4 Å². The highest BCUT2D eigenvalue weighted by atomic mass is 35.5. The Kier molecular flexibility index (Phi) is 5.34. The molecule has 4 rings (SSSR count). The minimum absolute atomic E-state index is 0.0320. The quantitative estimate of drug-likeness (QED) is 0.355. The fourth-order valence-electron chi connectivity index (χ4n) is 3.22. The monoisotopic (exact) mass is 412 g/mol. The lowest BCUT2D eigenvalue weighted by Gasteiger charge is -2.06. The van der Waals surface area contributed by atoms with Gasteiger partial charge in [-0.25, -0.2) is 4.98 Å². The summed E-state index contributed by atoms with van der Waals surface area (Å²) in [7, 11) is 0. The van der Waals surface area contributed by atoms with Gasteiger partial charge in [-0.3, -0.25) is 9.20 Å². The zero-order chi connectivity index (χ0) is 21.1. The molecule has 1 amide bonds. The number of nitriles is 1. The van der Waals surface area contributed by atoms with Crippen molar-refractivity contribution in [3.05, 3.63) is 94.8 Å². The van der Waals surface area contributed by atoms with E-state index < -0.39 is 5.91 Å². The first kappa shape index (κ1) is 19.4. The number of amides is 1. The molecule has 30 heavy (non-hydrogen) atoms. The summed E-state index contributed by atoms with van der Waals surface area (Å²) < 4.78 is 1.89. The Morgan fingerprint density at radius 1 is 1.13 bits per heavy atom. The number of imidazole rings is 1. The number of fused-ring (bicyclic) bond motifs is 1. The van der Waals surface area contributed by atoms with E-state index >= 15 is 0 Å². The number of nitrogens with zero attached hydrogens (tertiary/aromatic N) is 3. The van der Waals surface area contributed by atoms with Crippen molar-refractivity contribution in [3.8, 4) is 17.3 Å². The number of benzene rings is 2. The number of carbonyl (C=O) groups excluding carboxylic acids is 1. The van der Waals surface area contributed by atoms with Crippen LogP contribution in [0.1, 0.15) is 11.3 Å². The molecule has 0 fully saturated rings. The molecular formula is C24H17ClN4O. The second-order valence-corrected chi connectivity index (χ2v) is 7.17. The van der Waals surface area contributed by atoms with E-state index in [1.165, 1.54) is 0 Å². The molecule has 2 aromatic carbocycles. The minimum Gasteiger partial charge on any atom is -0.321 e. The van der Waals surface area contributed by atoms with Crippen molar-refractivity contribution >= 4 is 34.9 Å². The van der Waals surface area contributed by atoms with Gasteiger partial charge in [0, 0.05) is 22.5 Å². The van der Waals surface area contributed by atoms with E-state index in [1.54, 1.807) is 30.3 Å². The maximum atomic E-state index is 12.8. The van der Waals surface area contributed by atoms with Gasteiger partial charge in [0.25, 0.3) is 5.91 Å². The molecular weight excluding hydrogens is 396 g/mol. The Labute approximate surface area is 178 Å². The second kappa shape index (κ2) is 8.24. The number of aromatic nitrogens is 2. The molecule has 2 heterocycles. The van der Waals surface area contributed by atoms with Crippen molar-refractivity contribution < 1.29 is 4.79 Å². The van der Waals surface area contributed by atoms with Crippen LogP contribution in [0.5, 0.6) is 0 Å². The average molecular weight is 413 g/mol. The molecule has 0 saturated heterocycles. The van der Waals surface area contributed by atoms with Crippen LogP contribution in [0.2, 0.25) is 5.02 Å². The lowest BCUT2D eigenvalue weighted by molar-refractivity contribution is -0.112. The third-order valence-electron chi connectivity index (χ3n) is 4.66. The van der Waals surface area contributed by atoms with E-state index in [9.17, 15) is 10.1 Å². The summed E-state index contributed by atoms with van der Waals surface area (Å²) in [5.74, 6) is -0.513. The molecule has 146 valence electrons. The van der Waals surface area contributed by atoms with E-state index in [4.69, 9.17) is 16.6 Å². The van der Waals surface area contributed by atoms with Crippen LogP contribution in [0.4, 0.5) is 5.69 Å². The van der Waals surface area contributed by atoms with Crippen molar-refractivity contribution in [3.63, 3.8) is 0 Å². The normalized spacial score (nSPS) is 11.3. The Morgan fingerprint density at radius 3 is 2.67 bits per heavy atom. The number of pyridine rings is 1. The number of aryl methyl sites for hydroxylation is 1. The molecule has 0 aliphatic rings. The van der Waals surface area contributed by atoms with Crippen molar-refractivity contribution in [1.82, 2.24) is 9.38 Å². The second-order valence-electron chi connectivity index (χ2n) is 6.73. The van der Waals surface area contributed by atoms with Gasteiger partial charge in [-0.15, -0.1) is 0 Å². The summed E-state index contributed by atoms with van der Waals surface area (Å²) in [5, 5.41) is 12.9. The van der Waals surface area contributed by atoms with Gasteiger partial charge < -0.3 is 5.32 Å². The van der Waals surface area contributed by atoms with Crippen molar-refractivity contribution in [2.24, 2.45) is 0 Å². The largest absolute Gasteiger partial charge is 0.321 e. The summed E-state index contributed by atoms with van der Waals surface area (Å²) in [4.78, 5) is 17.5. The molecule has 0 spiro atoms. The number of hydrogen-bond acceptors (Lipinski definition) is 3. The molecule has 0 bridgehead atoms. The SMILES string of the molecule is Cc1cccn2c(C=C(C#N)C(=O)Nc3cccc(Cl)c3)c(-c3ccccc3)nc12. The van der Waals surface area contributed by atoms with Crippen molar-refractivity contribution in [2.45, 2.75) is 6.92 Å². The smallest absolute Gasteiger partial charge is 0.266 e. The van der Waals surface area contributed by atoms with Crippen LogP contribution in [0, 0.1) is 18.3 Å². The average Bonchev–Trinajstić information content (AvgIpc) is 3.12. The molecule has 0 unspecified atom stereocenters. The van der Waals surface area contributed by atoms with Gasteiger partial charge in [0.2, 0.25) is 0 Å². The lowest BCUT2D eigenvalue weighted by atomic mass is 10.1. The summed E-state index contributed by atoms with van der Waals surface area (Å²) in [5.41, 5.74) is 4.53. The van der Waals surface area contributed by atoms with Gasteiger partial charge in [-0.05, 0) is 42.8 Å². The molecule has 0 atom stereocenters. The van der Waals surface area contributed by atoms with E-state index in [0.717, 1.165) is 16.8 Å². The summed E-state index contributed by atoms with van der Waals surface area (Å²) in [6.45, 7) is 1.97. The Hall–Kier alpha value is -3.88. The Bertz CT molecular complexity index is 1320. The molecule has 0 saturated carbocycles. The standard InChI is InChI=1S/C24H17ClN4O/c1-16-7-6-12-29-21(22(28-23(16)29)17-8-3-2-4-9-17)13-18(15-26)24(30)27-20-11-5-10-19(25)14-20/h2-14H,1H3,(H,27,30). The molecule has 1 N–H and O–H groups in total. The number of nitrogens with one attached hydrogen (secondary N) is 1. The topological polar surface area (TPSA) is 70.2 Å². The number of anilines is 1. The summed E-state index contributed by atoms with van der Waals surface area (Å²) >= 11 is 5.98. The zero-order valence-corrected chi connectivity index (χ0v) is 16.9. The van der Waals surface area contributed by atoms with Gasteiger partial charge in [0.15, 0.2) is 0 Å². The zero-order valence-electron chi connectivity index (χ0n) is 16.1. The maximum absolute atomic E-state index is 12.8. The predicted molar refractivity (Wildman–Crippen MR) is 119 cm³/mol. The summed E-state index contributed by atoms with van der Waals surface area (Å²) in [6.07, 6.45) is 3.44. The molecule has 0 aliphatic carbocycles. The fourth-order valence-corrected chi connectivity index (χ4v) is 3.41. The van der Waals surface area contributed by atoms with Crippen molar-refractivity contribution in [2.75, 3.05) is 5.32 Å². The first-order chi connectivity index (χ1) is 14.6. The number of hydrogen-bond donors (Lipinski definition) is 1. The van der Waals surface area contributed by atoms with Gasteiger partial charge in [0.1, 0.15) is 17.3 Å². The van der Waals surface area contributed by atoms with Crippen LogP contribution < -0.4 is 5.32 Å². The van der Waals surface area contributed by atoms with Gasteiger partial charge >= 0.3 is 0 Å². The van der Waals surface area contributed by atoms with Crippen LogP contribution in [0.25, 0.3) is 23.0 Å². The van der Waals surface area contributed by atoms with E-state index in [1.807, 2.05) is 66.1 Å². The van der Waals surface area contributed by atoms with Crippen LogP contribution >= 0.6 is 11.6 Å². The highest BCUT2D eigenvalue weighted by molar-refractivity contribution is 6.31. The number of rotatable bonds is 4. The highest BCUT2D eigenvalue weighted by Gasteiger charge is 2.17. The predicted octanol–water partition coefficient (Wildman–Crippen LogP) is 5.51. The van der Waals surface area contributed by atoms with E-state index in [-0.39, 0.29) is 5.57 Å². The maximum Gasteiger partial charge on any atom is 0.266 e. The fraction of sp³-hybridized carbons (Fsp3) is 0.0417. The van der Waals surface area contributed by atoms with Crippen molar-refractivity contribution in [1.29, 1.82) is 5.26 Å². The Balaban J connectivity index is 1.83. The third-order valence-corrected chi connectivity index (χ3v) is 4.89.